The van der Waals surface area contributed by atoms with Crippen molar-refractivity contribution in [2.75, 3.05) is 24.7 Å². The fraction of sp³-hybridized carbons (Fsp3) is 0.462. The topological polar surface area (TPSA) is 59.0 Å². The molecule has 1 fully saturated rings. The van der Waals surface area contributed by atoms with E-state index in [1.807, 2.05) is 6.07 Å². The van der Waals surface area contributed by atoms with Gasteiger partial charge in [-0.2, -0.15) is 0 Å². The molecule has 2 aliphatic heterocycles. The molecule has 5 nitrogen and oxygen atoms in total. The molecule has 3 rings (SSSR count). The molecular formula is C13H15NO4. The number of carbonyl (C=O) groups is 1. The van der Waals surface area contributed by atoms with E-state index in [1.54, 1.807) is 17.0 Å². The Balaban J connectivity index is 1.89. The summed E-state index contributed by atoms with van der Waals surface area (Å²) in [4.78, 5) is 13.5. The number of fused-ring (bicyclic) bond motifs is 1. The number of rotatable bonds is 1. The largest absolute Gasteiger partial charge is 0.486 e. The molecule has 1 N–H and O–H groups in total. The van der Waals surface area contributed by atoms with Crippen LogP contribution in [0.1, 0.15) is 12.8 Å². The van der Waals surface area contributed by atoms with Crippen LogP contribution in [-0.4, -0.2) is 36.9 Å². The van der Waals surface area contributed by atoms with E-state index in [0.29, 0.717) is 37.7 Å². The summed E-state index contributed by atoms with van der Waals surface area (Å²) in [5.41, 5.74) is 0.753. The number of anilines is 1. The van der Waals surface area contributed by atoms with Crippen LogP contribution >= 0.6 is 0 Å². The van der Waals surface area contributed by atoms with Gasteiger partial charge in [-0.25, -0.2) is 0 Å². The zero-order valence-corrected chi connectivity index (χ0v) is 9.96. The van der Waals surface area contributed by atoms with Gasteiger partial charge in [0.05, 0.1) is 0 Å². The van der Waals surface area contributed by atoms with Gasteiger partial charge < -0.3 is 19.5 Å². The summed E-state index contributed by atoms with van der Waals surface area (Å²) >= 11 is 0. The van der Waals surface area contributed by atoms with E-state index in [9.17, 15) is 9.90 Å². The molecule has 0 spiro atoms. The normalized spacial score (nSPS) is 23.1. The van der Waals surface area contributed by atoms with E-state index in [4.69, 9.17) is 9.47 Å². The SMILES string of the molecule is O=C1C(O)CCCN1c1ccc2c(c1)OCCO2. The Hall–Kier alpha value is -1.75. The second-order valence-electron chi connectivity index (χ2n) is 4.48. The van der Waals surface area contributed by atoms with Crippen LogP contribution in [0.2, 0.25) is 0 Å². The van der Waals surface area contributed by atoms with Crippen molar-refractivity contribution in [2.24, 2.45) is 0 Å². The van der Waals surface area contributed by atoms with Gasteiger partial charge >= 0.3 is 0 Å². The second kappa shape index (κ2) is 4.49. The first kappa shape index (κ1) is 11.3. The zero-order chi connectivity index (χ0) is 12.5. The number of hydrogen-bond donors (Lipinski definition) is 1. The summed E-state index contributed by atoms with van der Waals surface area (Å²) in [6, 6.07) is 5.42. The average Bonchev–Trinajstić information content (AvgIpc) is 2.41. The second-order valence-corrected chi connectivity index (χ2v) is 4.48. The molecule has 1 aromatic rings. The lowest BCUT2D eigenvalue weighted by atomic mass is 10.1. The maximum atomic E-state index is 11.9. The Labute approximate surface area is 105 Å². The zero-order valence-electron chi connectivity index (χ0n) is 9.96. The molecule has 1 unspecified atom stereocenters. The van der Waals surface area contributed by atoms with Crippen LogP contribution in [-0.2, 0) is 4.79 Å². The van der Waals surface area contributed by atoms with E-state index < -0.39 is 6.10 Å². The van der Waals surface area contributed by atoms with Crippen molar-refractivity contribution in [2.45, 2.75) is 18.9 Å². The Morgan fingerprint density at radius 3 is 2.83 bits per heavy atom. The van der Waals surface area contributed by atoms with E-state index >= 15 is 0 Å². The van der Waals surface area contributed by atoms with Gasteiger partial charge in [0.1, 0.15) is 19.3 Å². The summed E-state index contributed by atoms with van der Waals surface area (Å²) in [6.45, 7) is 1.70. The van der Waals surface area contributed by atoms with Gasteiger partial charge in [0.25, 0.3) is 5.91 Å². The fourth-order valence-corrected chi connectivity index (χ4v) is 2.31. The van der Waals surface area contributed by atoms with Gasteiger partial charge in [-0.3, -0.25) is 4.79 Å². The first-order valence-corrected chi connectivity index (χ1v) is 6.15. The molecule has 1 amide bonds. The molecule has 0 aliphatic carbocycles. The minimum atomic E-state index is -0.882. The van der Waals surface area contributed by atoms with E-state index in [-0.39, 0.29) is 5.91 Å². The molecular weight excluding hydrogens is 234 g/mol. The van der Waals surface area contributed by atoms with Crippen LogP contribution in [0.3, 0.4) is 0 Å². The van der Waals surface area contributed by atoms with E-state index in [0.717, 1.165) is 12.1 Å². The fourth-order valence-electron chi connectivity index (χ4n) is 2.31. The third-order valence-corrected chi connectivity index (χ3v) is 3.25. The monoisotopic (exact) mass is 249 g/mol. The van der Waals surface area contributed by atoms with Crippen LogP contribution in [0.4, 0.5) is 5.69 Å². The number of benzene rings is 1. The highest BCUT2D eigenvalue weighted by Crippen LogP contribution is 2.34. The number of nitrogens with zero attached hydrogens (tertiary/aromatic N) is 1. The number of carbonyl (C=O) groups excluding carboxylic acids is 1. The highest BCUT2D eigenvalue weighted by Gasteiger charge is 2.28. The quantitative estimate of drug-likeness (QED) is 0.805. The van der Waals surface area contributed by atoms with Crippen LogP contribution in [0, 0.1) is 0 Å². The molecule has 0 saturated carbocycles. The van der Waals surface area contributed by atoms with Crippen molar-refractivity contribution in [3.63, 3.8) is 0 Å². The molecule has 0 aromatic heterocycles. The number of hydrogen-bond acceptors (Lipinski definition) is 4. The van der Waals surface area contributed by atoms with Crippen molar-refractivity contribution in [1.29, 1.82) is 0 Å². The minimum absolute atomic E-state index is 0.238. The molecule has 18 heavy (non-hydrogen) atoms. The lowest BCUT2D eigenvalue weighted by Gasteiger charge is -2.30. The van der Waals surface area contributed by atoms with Crippen molar-refractivity contribution in [3.8, 4) is 11.5 Å². The highest BCUT2D eigenvalue weighted by atomic mass is 16.6. The Morgan fingerprint density at radius 1 is 1.22 bits per heavy atom. The predicted molar refractivity (Wildman–Crippen MR) is 65.0 cm³/mol. The van der Waals surface area contributed by atoms with Gasteiger partial charge in [0.15, 0.2) is 11.5 Å². The van der Waals surface area contributed by atoms with Crippen LogP contribution in [0.15, 0.2) is 18.2 Å². The van der Waals surface area contributed by atoms with Gasteiger partial charge in [0.2, 0.25) is 0 Å². The third kappa shape index (κ3) is 1.90. The van der Waals surface area contributed by atoms with Crippen molar-refractivity contribution < 1.29 is 19.4 Å². The molecule has 1 atom stereocenters. The number of aliphatic hydroxyl groups is 1. The maximum absolute atomic E-state index is 11.9. The highest BCUT2D eigenvalue weighted by molar-refractivity contribution is 5.97. The number of piperidine rings is 1. The van der Waals surface area contributed by atoms with Crippen molar-refractivity contribution in [1.82, 2.24) is 0 Å². The molecule has 1 aromatic carbocycles. The molecule has 0 radical (unpaired) electrons. The predicted octanol–water partition coefficient (Wildman–Crippen LogP) is 0.946. The van der Waals surface area contributed by atoms with Crippen molar-refractivity contribution >= 4 is 11.6 Å². The summed E-state index contributed by atoms with van der Waals surface area (Å²) in [5, 5.41) is 9.60. The molecule has 0 bridgehead atoms. The third-order valence-electron chi connectivity index (χ3n) is 3.25. The molecule has 2 aliphatic rings. The summed E-state index contributed by atoms with van der Waals surface area (Å²) in [5.74, 6) is 1.12. The van der Waals surface area contributed by atoms with Gasteiger partial charge in [-0.15, -0.1) is 0 Å². The first-order chi connectivity index (χ1) is 8.75. The lowest BCUT2D eigenvalue weighted by Crippen LogP contribution is -2.44. The van der Waals surface area contributed by atoms with Gasteiger partial charge in [0, 0.05) is 18.3 Å². The van der Waals surface area contributed by atoms with Crippen molar-refractivity contribution in [3.05, 3.63) is 18.2 Å². The summed E-state index contributed by atoms with van der Waals surface area (Å²) in [7, 11) is 0. The number of aliphatic hydroxyl groups excluding tert-OH is 1. The Bertz CT molecular complexity index is 474. The molecule has 1 saturated heterocycles. The first-order valence-electron chi connectivity index (χ1n) is 6.15. The Morgan fingerprint density at radius 2 is 2.00 bits per heavy atom. The van der Waals surface area contributed by atoms with Crippen LogP contribution < -0.4 is 14.4 Å². The molecule has 96 valence electrons. The lowest BCUT2D eigenvalue weighted by molar-refractivity contribution is -0.128. The van der Waals surface area contributed by atoms with Gasteiger partial charge in [-0.05, 0) is 25.0 Å². The van der Waals surface area contributed by atoms with E-state index in [1.165, 1.54) is 0 Å². The standard InChI is InChI=1S/C13H15NO4/c15-10-2-1-5-14(13(10)16)9-3-4-11-12(8-9)18-7-6-17-11/h3-4,8,10,15H,1-2,5-7H2. The van der Waals surface area contributed by atoms with Crippen LogP contribution in [0.25, 0.3) is 0 Å². The summed E-state index contributed by atoms with van der Waals surface area (Å²) in [6.07, 6.45) is 0.466. The minimum Gasteiger partial charge on any atom is -0.486 e. The molecule has 5 heteroatoms. The maximum Gasteiger partial charge on any atom is 0.255 e. The molecule has 2 heterocycles. The Kier molecular flexibility index (Phi) is 2.83. The summed E-state index contributed by atoms with van der Waals surface area (Å²) < 4.78 is 10.9. The number of ether oxygens (including phenoxy) is 2. The van der Waals surface area contributed by atoms with E-state index in [2.05, 4.69) is 0 Å². The average molecular weight is 249 g/mol. The van der Waals surface area contributed by atoms with Crippen LogP contribution in [0.5, 0.6) is 11.5 Å². The number of amides is 1. The van der Waals surface area contributed by atoms with Gasteiger partial charge in [-0.1, -0.05) is 0 Å². The smallest absolute Gasteiger partial charge is 0.255 e.